The summed E-state index contributed by atoms with van der Waals surface area (Å²) in [6, 6.07) is 7.26. The molecule has 6 heteroatoms. The number of carbonyl (C=O) groups is 2. The van der Waals surface area contributed by atoms with Gasteiger partial charge >= 0.3 is 0 Å². The van der Waals surface area contributed by atoms with Gasteiger partial charge in [0.15, 0.2) is 0 Å². The molecule has 5 nitrogen and oxygen atoms in total. The summed E-state index contributed by atoms with van der Waals surface area (Å²) in [5.41, 5.74) is 7.22. The predicted molar refractivity (Wildman–Crippen MR) is 94.5 cm³/mol. The maximum Gasteiger partial charge on any atom is 0.224 e. The Kier molecular flexibility index (Phi) is 8.48. The van der Waals surface area contributed by atoms with Crippen molar-refractivity contribution in [1.29, 1.82) is 0 Å². The zero-order valence-electron chi connectivity index (χ0n) is 13.4. The molecule has 1 heterocycles. The molecule has 0 bridgehead atoms. The third-order valence-electron chi connectivity index (χ3n) is 3.96. The number of hydrogen-bond donors (Lipinski definition) is 2. The fraction of sp³-hybridized carbons (Fsp3) is 0.529. The number of nitrogens with one attached hydrogen (secondary N) is 1. The third-order valence-corrected chi connectivity index (χ3v) is 3.96. The minimum Gasteiger partial charge on any atom is -0.399 e. The van der Waals surface area contributed by atoms with Crippen molar-refractivity contribution in [2.75, 3.05) is 25.4 Å². The molecule has 1 fully saturated rings. The molecule has 0 aromatic heterocycles. The van der Waals surface area contributed by atoms with Crippen LogP contribution in [0.3, 0.4) is 0 Å². The number of nitrogens with zero attached hydrogens (tertiary/aromatic N) is 1. The van der Waals surface area contributed by atoms with Crippen LogP contribution in [0.2, 0.25) is 0 Å². The van der Waals surface area contributed by atoms with Crippen LogP contribution >= 0.6 is 12.4 Å². The Hall–Kier alpha value is -1.75. The Labute approximate surface area is 144 Å². The van der Waals surface area contributed by atoms with Crippen LogP contribution in [-0.4, -0.2) is 36.3 Å². The van der Waals surface area contributed by atoms with Gasteiger partial charge in [0.1, 0.15) is 0 Å². The Balaban J connectivity index is 0.00000264. The molecule has 0 atom stereocenters. The number of likely N-dealkylation sites (tertiary alicyclic amines) is 1. The lowest BCUT2D eigenvalue weighted by Gasteiger charge is -2.20. The SMILES string of the molecule is Cl.Nc1ccc(CC(=O)NCCC(=O)N2CCCCCC2)cc1. The van der Waals surface area contributed by atoms with Gasteiger partial charge in [0.2, 0.25) is 11.8 Å². The minimum absolute atomic E-state index is 0. The quantitative estimate of drug-likeness (QED) is 0.807. The number of nitrogens with two attached hydrogens (primary N) is 1. The molecule has 1 saturated heterocycles. The van der Waals surface area contributed by atoms with Gasteiger partial charge in [-0.05, 0) is 30.5 Å². The molecular weight excluding hydrogens is 314 g/mol. The van der Waals surface area contributed by atoms with Crippen molar-refractivity contribution >= 4 is 29.9 Å². The van der Waals surface area contributed by atoms with E-state index in [-0.39, 0.29) is 24.2 Å². The summed E-state index contributed by atoms with van der Waals surface area (Å²) in [6.07, 6.45) is 5.31. The molecule has 0 saturated carbocycles. The van der Waals surface area contributed by atoms with E-state index < -0.39 is 0 Å². The number of amides is 2. The lowest BCUT2D eigenvalue weighted by Crippen LogP contribution is -2.35. The number of nitrogen functional groups attached to an aromatic ring is 1. The zero-order valence-corrected chi connectivity index (χ0v) is 14.2. The first-order chi connectivity index (χ1) is 10.6. The fourth-order valence-corrected chi connectivity index (χ4v) is 2.67. The second-order valence-corrected chi connectivity index (χ2v) is 5.81. The van der Waals surface area contributed by atoms with E-state index in [0.717, 1.165) is 31.5 Å². The largest absolute Gasteiger partial charge is 0.399 e. The maximum atomic E-state index is 12.1. The number of anilines is 1. The van der Waals surface area contributed by atoms with Crippen molar-refractivity contribution in [1.82, 2.24) is 10.2 Å². The Morgan fingerprint density at radius 3 is 2.26 bits per heavy atom. The first-order valence-corrected chi connectivity index (χ1v) is 8.04. The topological polar surface area (TPSA) is 75.4 Å². The van der Waals surface area contributed by atoms with Crippen LogP contribution in [0.4, 0.5) is 5.69 Å². The van der Waals surface area contributed by atoms with Crippen LogP contribution in [0.15, 0.2) is 24.3 Å². The van der Waals surface area contributed by atoms with Crippen molar-refractivity contribution in [3.05, 3.63) is 29.8 Å². The number of halogens is 1. The standard InChI is InChI=1S/C17H25N3O2.ClH/c18-15-7-5-14(6-8-15)13-16(21)19-10-9-17(22)20-11-3-1-2-4-12-20;/h5-8H,1-4,9-13,18H2,(H,19,21);1H. The van der Waals surface area contributed by atoms with Gasteiger partial charge in [-0.2, -0.15) is 0 Å². The molecule has 0 unspecified atom stereocenters. The number of rotatable bonds is 5. The highest BCUT2D eigenvalue weighted by Crippen LogP contribution is 2.10. The summed E-state index contributed by atoms with van der Waals surface area (Å²) >= 11 is 0. The molecule has 1 aromatic carbocycles. The smallest absolute Gasteiger partial charge is 0.224 e. The lowest BCUT2D eigenvalue weighted by molar-refractivity contribution is -0.131. The highest BCUT2D eigenvalue weighted by molar-refractivity contribution is 5.85. The van der Waals surface area contributed by atoms with Crippen molar-refractivity contribution in [2.45, 2.75) is 38.5 Å². The van der Waals surface area contributed by atoms with Gasteiger partial charge in [-0.15, -0.1) is 12.4 Å². The first kappa shape index (κ1) is 19.3. The molecule has 0 aliphatic carbocycles. The van der Waals surface area contributed by atoms with Gasteiger partial charge in [0, 0.05) is 31.7 Å². The van der Waals surface area contributed by atoms with Crippen LogP contribution in [0, 0.1) is 0 Å². The number of benzene rings is 1. The third kappa shape index (κ3) is 6.91. The Morgan fingerprint density at radius 2 is 1.65 bits per heavy atom. The van der Waals surface area contributed by atoms with Gasteiger partial charge in [-0.3, -0.25) is 9.59 Å². The van der Waals surface area contributed by atoms with Gasteiger partial charge < -0.3 is 16.0 Å². The van der Waals surface area contributed by atoms with Crippen molar-refractivity contribution in [2.24, 2.45) is 0 Å². The van der Waals surface area contributed by atoms with E-state index in [4.69, 9.17) is 5.73 Å². The van der Waals surface area contributed by atoms with Gasteiger partial charge in [0.05, 0.1) is 6.42 Å². The average molecular weight is 340 g/mol. The van der Waals surface area contributed by atoms with Crippen LogP contribution in [0.5, 0.6) is 0 Å². The molecule has 0 spiro atoms. The van der Waals surface area contributed by atoms with Crippen LogP contribution in [0.25, 0.3) is 0 Å². The fourth-order valence-electron chi connectivity index (χ4n) is 2.67. The maximum absolute atomic E-state index is 12.1. The average Bonchev–Trinajstić information content (AvgIpc) is 2.79. The van der Waals surface area contributed by atoms with Crippen molar-refractivity contribution < 1.29 is 9.59 Å². The summed E-state index contributed by atoms with van der Waals surface area (Å²) < 4.78 is 0. The highest BCUT2D eigenvalue weighted by atomic mass is 35.5. The molecule has 1 aliphatic heterocycles. The number of hydrogen-bond acceptors (Lipinski definition) is 3. The molecule has 0 radical (unpaired) electrons. The first-order valence-electron chi connectivity index (χ1n) is 8.04. The second-order valence-electron chi connectivity index (χ2n) is 5.81. The highest BCUT2D eigenvalue weighted by Gasteiger charge is 2.15. The van der Waals surface area contributed by atoms with Crippen LogP contribution in [-0.2, 0) is 16.0 Å². The molecule has 3 N–H and O–H groups in total. The second kappa shape index (κ2) is 10.1. The van der Waals surface area contributed by atoms with Crippen molar-refractivity contribution in [3.8, 4) is 0 Å². The van der Waals surface area contributed by atoms with Crippen LogP contribution < -0.4 is 11.1 Å². The van der Waals surface area contributed by atoms with E-state index in [1.165, 1.54) is 12.8 Å². The normalized spacial score (nSPS) is 14.5. The molecular formula is C17H26ClN3O2. The van der Waals surface area contributed by atoms with E-state index in [9.17, 15) is 9.59 Å². The van der Waals surface area contributed by atoms with Crippen LogP contribution in [0.1, 0.15) is 37.7 Å². The van der Waals surface area contributed by atoms with Crippen molar-refractivity contribution in [3.63, 3.8) is 0 Å². The molecule has 128 valence electrons. The zero-order chi connectivity index (χ0) is 15.8. The van der Waals surface area contributed by atoms with E-state index in [1.54, 1.807) is 12.1 Å². The summed E-state index contributed by atoms with van der Waals surface area (Å²) in [7, 11) is 0. The molecule has 2 rings (SSSR count). The molecule has 2 amide bonds. The summed E-state index contributed by atoms with van der Waals surface area (Å²) in [6.45, 7) is 2.12. The summed E-state index contributed by atoms with van der Waals surface area (Å²) in [5, 5.41) is 2.81. The molecule has 1 aliphatic rings. The van der Waals surface area contributed by atoms with E-state index in [2.05, 4.69) is 5.32 Å². The predicted octanol–water partition coefficient (Wildman–Crippen LogP) is 2.14. The Morgan fingerprint density at radius 1 is 1.04 bits per heavy atom. The number of carbonyl (C=O) groups excluding carboxylic acids is 2. The summed E-state index contributed by atoms with van der Waals surface area (Å²) in [4.78, 5) is 25.9. The van der Waals surface area contributed by atoms with Gasteiger partial charge in [-0.25, -0.2) is 0 Å². The monoisotopic (exact) mass is 339 g/mol. The Bertz CT molecular complexity index is 497. The van der Waals surface area contributed by atoms with E-state index >= 15 is 0 Å². The van der Waals surface area contributed by atoms with E-state index in [1.807, 2.05) is 17.0 Å². The summed E-state index contributed by atoms with van der Waals surface area (Å²) in [5.74, 6) is 0.0862. The molecule has 1 aromatic rings. The molecule has 23 heavy (non-hydrogen) atoms. The minimum atomic E-state index is -0.0616. The lowest BCUT2D eigenvalue weighted by atomic mass is 10.1. The van der Waals surface area contributed by atoms with Gasteiger partial charge in [-0.1, -0.05) is 25.0 Å². The van der Waals surface area contributed by atoms with E-state index in [0.29, 0.717) is 25.1 Å². The van der Waals surface area contributed by atoms with Gasteiger partial charge in [0.25, 0.3) is 0 Å².